The number of piperazine rings is 1. The molecule has 0 amide bonds. The summed E-state index contributed by atoms with van der Waals surface area (Å²) in [6.07, 6.45) is -1.56. The maximum absolute atomic E-state index is 13.4. The second kappa shape index (κ2) is 12.2. The van der Waals surface area contributed by atoms with Gasteiger partial charge in [-0.2, -0.15) is 0 Å². The summed E-state index contributed by atoms with van der Waals surface area (Å²) in [5, 5.41) is 9.26. The number of anilines is 1. The van der Waals surface area contributed by atoms with Gasteiger partial charge in [0.2, 0.25) is 0 Å². The van der Waals surface area contributed by atoms with Gasteiger partial charge in [0.1, 0.15) is 23.9 Å². The average molecular weight is 506 g/mol. The van der Waals surface area contributed by atoms with Crippen LogP contribution in [0.3, 0.4) is 0 Å². The molecule has 0 radical (unpaired) electrons. The number of ether oxygens (including phenoxy) is 1. The van der Waals surface area contributed by atoms with Gasteiger partial charge in [-0.3, -0.25) is 4.90 Å². The fourth-order valence-electron chi connectivity index (χ4n) is 3.44. The summed E-state index contributed by atoms with van der Waals surface area (Å²) in [7, 11) is 3.60. The number of halogens is 3. The van der Waals surface area contributed by atoms with Crippen LogP contribution in [0.5, 0.6) is 0 Å². The second-order valence-corrected chi connectivity index (χ2v) is 10.0. The van der Waals surface area contributed by atoms with E-state index in [1.54, 1.807) is 18.9 Å². The predicted molar refractivity (Wildman–Crippen MR) is 129 cm³/mol. The number of hydrogen-bond acceptors (Lipinski definition) is 8. The monoisotopic (exact) mass is 505 g/mol. The van der Waals surface area contributed by atoms with Crippen molar-refractivity contribution in [2.24, 2.45) is 7.05 Å². The van der Waals surface area contributed by atoms with Crippen molar-refractivity contribution < 1.29 is 13.5 Å². The lowest BCUT2D eigenvalue weighted by Crippen LogP contribution is -2.47. The van der Waals surface area contributed by atoms with Crippen LogP contribution in [0, 0.1) is 0 Å². The number of alkyl halides is 2. The third-order valence-corrected chi connectivity index (χ3v) is 6.48. The van der Waals surface area contributed by atoms with Gasteiger partial charge < -0.3 is 14.2 Å². The topological polar surface area (TPSA) is 72.2 Å². The maximum atomic E-state index is 13.4. The second-order valence-electron chi connectivity index (χ2n) is 8.95. The van der Waals surface area contributed by atoms with E-state index in [4.69, 9.17) is 4.74 Å². The molecule has 8 nitrogen and oxygen atoms in total. The van der Waals surface area contributed by atoms with Crippen molar-refractivity contribution in [3.8, 4) is 0 Å². The Kier molecular flexibility index (Phi) is 10.3. The molecule has 0 aliphatic carbocycles. The van der Waals surface area contributed by atoms with Crippen molar-refractivity contribution in [3.63, 3.8) is 0 Å². The molecule has 12 heteroatoms. The van der Waals surface area contributed by atoms with Crippen LogP contribution in [0.4, 0.5) is 14.6 Å². The standard InChI is InChI=1S/C21H33F2N7OS.ClH/c1-21(2,3)19-24-15(18(22)23)13-16(25-19)30-10-8-29(9-11-30)7-6-12-32-20-27-26-17(14-31-5)28(20)4;/h13,18H,6-12,14H2,1-5H3;1H. The highest BCUT2D eigenvalue weighted by atomic mass is 35.5. The fourth-order valence-corrected chi connectivity index (χ4v) is 4.29. The van der Waals surface area contributed by atoms with Crippen molar-refractivity contribution in [1.82, 2.24) is 29.6 Å². The van der Waals surface area contributed by atoms with E-state index in [1.807, 2.05) is 32.4 Å². The normalized spacial score (nSPS) is 15.2. The first-order valence-electron chi connectivity index (χ1n) is 10.8. The quantitative estimate of drug-likeness (QED) is 0.377. The Labute approximate surface area is 204 Å². The summed E-state index contributed by atoms with van der Waals surface area (Å²) >= 11 is 1.70. The molecule has 2 aromatic heterocycles. The first-order valence-corrected chi connectivity index (χ1v) is 11.8. The Hall–Kier alpha value is -1.56. The molecule has 186 valence electrons. The molecular formula is C21H34ClF2N7OS. The molecule has 0 N–H and O–H groups in total. The number of nitrogens with zero attached hydrogens (tertiary/aromatic N) is 7. The maximum Gasteiger partial charge on any atom is 0.280 e. The molecule has 0 unspecified atom stereocenters. The molecule has 0 atom stereocenters. The van der Waals surface area contributed by atoms with E-state index in [-0.39, 0.29) is 23.5 Å². The van der Waals surface area contributed by atoms with E-state index in [9.17, 15) is 8.78 Å². The number of thioether (sulfide) groups is 1. The van der Waals surface area contributed by atoms with Gasteiger partial charge in [-0.05, 0) is 13.0 Å². The molecule has 0 aromatic carbocycles. The SMILES string of the molecule is COCc1nnc(SCCCN2CCN(c3cc(C(F)F)nc(C(C)(C)C)n3)CC2)n1C.Cl. The zero-order valence-corrected chi connectivity index (χ0v) is 21.6. The van der Waals surface area contributed by atoms with Gasteiger partial charge in [0, 0.05) is 57.6 Å². The van der Waals surface area contributed by atoms with Crippen LogP contribution in [0.15, 0.2) is 11.2 Å². The third kappa shape index (κ3) is 7.46. The van der Waals surface area contributed by atoms with Crippen molar-refractivity contribution in [3.05, 3.63) is 23.4 Å². The smallest absolute Gasteiger partial charge is 0.280 e. The van der Waals surface area contributed by atoms with Gasteiger partial charge in [0.15, 0.2) is 11.0 Å². The minimum absolute atomic E-state index is 0. The highest BCUT2D eigenvalue weighted by Crippen LogP contribution is 2.27. The first-order chi connectivity index (χ1) is 15.2. The molecule has 3 rings (SSSR count). The Morgan fingerprint density at radius 2 is 1.82 bits per heavy atom. The molecule has 3 heterocycles. The molecule has 1 aliphatic rings. The Morgan fingerprint density at radius 3 is 2.42 bits per heavy atom. The van der Waals surface area contributed by atoms with E-state index in [0.29, 0.717) is 18.2 Å². The van der Waals surface area contributed by atoms with E-state index in [1.165, 1.54) is 6.07 Å². The number of rotatable bonds is 9. The summed E-state index contributed by atoms with van der Waals surface area (Å²) in [5.41, 5.74) is -0.580. The van der Waals surface area contributed by atoms with Gasteiger partial charge in [-0.1, -0.05) is 32.5 Å². The number of aromatic nitrogens is 5. The van der Waals surface area contributed by atoms with E-state index in [2.05, 4.69) is 30.0 Å². The lowest BCUT2D eigenvalue weighted by molar-refractivity contribution is 0.145. The summed E-state index contributed by atoms with van der Waals surface area (Å²) in [5.74, 6) is 2.84. The molecule has 2 aromatic rings. The Bertz CT molecular complexity index is 886. The van der Waals surface area contributed by atoms with Crippen LogP contribution >= 0.6 is 24.2 Å². The molecule has 1 fully saturated rings. The fraction of sp³-hybridized carbons (Fsp3) is 0.714. The highest BCUT2D eigenvalue weighted by molar-refractivity contribution is 7.99. The van der Waals surface area contributed by atoms with Gasteiger partial charge in [0.25, 0.3) is 6.43 Å². The first kappa shape index (κ1) is 27.7. The summed E-state index contributed by atoms with van der Waals surface area (Å²) in [6.45, 7) is 10.6. The van der Waals surface area contributed by atoms with Crippen LogP contribution in [-0.2, 0) is 23.8 Å². The average Bonchev–Trinajstić information content (AvgIpc) is 3.10. The van der Waals surface area contributed by atoms with Crippen molar-refractivity contribution >= 4 is 30.0 Å². The zero-order chi connectivity index (χ0) is 23.3. The van der Waals surface area contributed by atoms with Crippen LogP contribution in [-0.4, -0.2) is 75.2 Å². The summed E-state index contributed by atoms with van der Waals surface area (Å²) < 4.78 is 33.8. The van der Waals surface area contributed by atoms with E-state index >= 15 is 0 Å². The van der Waals surface area contributed by atoms with Crippen LogP contribution in [0.1, 0.15) is 51.0 Å². The number of methoxy groups -OCH3 is 1. The van der Waals surface area contributed by atoms with E-state index < -0.39 is 6.43 Å². The lowest BCUT2D eigenvalue weighted by atomic mass is 9.95. The number of hydrogen-bond donors (Lipinski definition) is 0. The van der Waals surface area contributed by atoms with Gasteiger partial charge in [0.05, 0.1) is 0 Å². The lowest BCUT2D eigenvalue weighted by Gasteiger charge is -2.36. The highest BCUT2D eigenvalue weighted by Gasteiger charge is 2.25. The van der Waals surface area contributed by atoms with Crippen LogP contribution in [0.2, 0.25) is 0 Å². The van der Waals surface area contributed by atoms with Gasteiger partial charge in [-0.25, -0.2) is 18.7 Å². The molecule has 1 aliphatic heterocycles. The van der Waals surface area contributed by atoms with Crippen molar-refractivity contribution in [2.75, 3.05) is 50.5 Å². The van der Waals surface area contributed by atoms with E-state index in [0.717, 1.165) is 55.9 Å². The van der Waals surface area contributed by atoms with Crippen molar-refractivity contribution in [2.45, 2.75) is 50.8 Å². The molecular weight excluding hydrogens is 472 g/mol. The molecule has 0 bridgehead atoms. The minimum atomic E-state index is -2.60. The molecule has 0 spiro atoms. The minimum Gasteiger partial charge on any atom is -0.377 e. The predicted octanol–water partition coefficient (Wildman–Crippen LogP) is 3.71. The molecule has 0 saturated carbocycles. The zero-order valence-electron chi connectivity index (χ0n) is 19.9. The van der Waals surface area contributed by atoms with Crippen LogP contribution in [0.25, 0.3) is 0 Å². The Morgan fingerprint density at radius 1 is 1.12 bits per heavy atom. The van der Waals surface area contributed by atoms with Gasteiger partial charge >= 0.3 is 0 Å². The van der Waals surface area contributed by atoms with Crippen LogP contribution < -0.4 is 4.90 Å². The Balaban J connectivity index is 0.00000385. The largest absolute Gasteiger partial charge is 0.377 e. The van der Waals surface area contributed by atoms with Gasteiger partial charge in [-0.15, -0.1) is 22.6 Å². The van der Waals surface area contributed by atoms with Crippen molar-refractivity contribution in [1.29, 1.82) is 0 Å². The third-order valence-electron chi connectivity index (χ3n) is 5.37. The molecule has 1 saturated heterocycles. The summed E-state index contributed by atoms with van der Waals surface area (Å²) in [4.78, 5) is 13.2. The summed E-state index contributed by atoms with van der Waals surface area (Å²) in [6, 6.07) is 1.44. The molecule has 33 heavy (non-hydrogen) atoms.